The SMILES string of the molecule is CCOC[C@H](O)CN1CCN(C(=O)c2cc(C)c(CC)s2)CC1. The van der Waals surface area contributed by atoms with Gasteiger partial charge in [0.15, 0.2) is 0 Å². The normalized spacial score (nSPS) is 17.5. The first kappa shape index (κ1) is 18.4. The van der Waals surface area contributed by atoms with E-state index in [-0.39, 0.29) is 5.91 Å². The second-order valence-electron chi connectivity index (χ2n) is 5.98. The number of amides is 1. The molecule has 5 nitrogen and oxygen atoms in total. The Labute approximate surface area is 142 Å². The molecular formula is C17H28N2O3S. The summed E-state index contributed by atoms with van der Waals surface area (Å²) >= 11 is 1.62. The number of aliphatic hydroxyl groups excluding tert-OH is 1. The summed E-state index contributed by atoms with van der Waals surface area (Å²) in [6.07, 6.45) is 0.527. The van der Waals surface area contributed by atoms with E-state index >= 15 is 0 Å². The van der Waals surface area contributed by atoms with E-state index in [4.69, 9.17) is 4.74 Å². The lowest BCUT2D eigenvalue weighted by molar-refractivity contribution is 0.0112. The monoisotopic (exact) mass is 340 g/mol. The van der Waals surface area contributed by atoms with E-state index in [0.717, 1.165) is 37.5 Å². The van der Waals surface area contributed by atoms with Crippen LogP contribution >= 0.6 is 11.3 Å². The molecule has 1 atom stereocenters. The Hall–Kier alpha value is -0.950. The minimum absolute atomic E-state index is 0.146. The van der Waals surface area contributed by atoms with Crippen molar-refractivity contribution in [3.8, 4) is 0 Å². The molecule has 2 rings (SSSR count). The number of β-amino-alcohol motifs (C(OH)–C–C–N with tert-alkyl or cyclic N) is 1. The zero-order valence-electron chi connectivity index (χ0n) is 14.4. The van der Waals surface area contributed by atoms with Crippen LogP contribution in [0, 0.1) is 6.92 Å². The number of ether oxygens (including phenoxy) is 1. The largest absolute Gasteiger partial charge is 0.389 e. The number of hydrogen-bond acceptors (Lipinski definition) is 5. The lowest BCUT2D eigenvalue weighted by atomic mass is 10.2. The van der Waals surface area contributed by atoms with Gasteiger partial charge in [0.2, 0.25) is 0 Å². The molecule has 0 aliphatic carbocycles. The van der Waals surface area contributed by atoms with Gasteiger partial charge in [0.25, 0.3) is 5.91 Å². The molecule has 1 saturated heterocycles. The van der Waals surface area contributed by atoms with Gasteiger partial charge in [-0.05, 0) is 31.9 Å². The standard InChI is InChI=1S/C17H28N2O3S/c1-4-15-13(3)10-16(23-15)17(21)19-8-6-18(7-9-19)11-14(20)12-22-5-2/h10,14,20H,4-9,11-12H2,1-3H3/t14-/m1/s1. The summed E-state index contributed by atoms with van der Waals surface area (Å²) in [5.41, 5.74) is 1.22. The van der Waals surface area contributed by atoms with Crippen molar-refractivity contribution in [2.45, 2.75) is 33.3 Å². The highest BCUT2D eigenvalue weighted by Gasteiger charge is 2.24. The van der Waals surface area contributed by atoms with Gasteiger partial charge in [-0.1, -0.05) is 6.92 Å². The molecule has 1 aromatic rings. The highest BCUT2D eigenvalue weighted by atomic mass is 32.1. The van der Waals surface area contributed by atoms with E-state index in [2.05, 4.69) is 18.7 Å². The highest BCUT2D eigenvalue weighted by molar-refractivity contribution is 7.14. The zero-order valence-corrected chi connectivity index (χ0v) is 15.2. The fourth-order valence-electron chi connectivity index (χ4n) is 2.87. The van der Waals surface area contributed by atoms with Gasteiger partial charge in [-0.2, -0.15) is 0 Å². The van der Waals surface area contributed by atoms with Gasteiger partial charge >= 0.3 is 0 Å². The van der Waals surface area contributed by atoms with Crippen molar-refractivity contribution in [2.24, 2.45) is 0 Å². The first-order valence-electron chi connectivity index (χ1n) is 8.41. The Morgan fingerprint density at radius 3 is 2.61 bits per heavy atom. The minimum Gasteiger partial charge on any atom is -0.389 e. The molecule has 1 aromatic heterocycles. The number of piperazine rings is 1. The Bertz CT molecular complexity index is 510. The van der Waals surface area contributed by atoms with Crippen molar-refractivity contribution < 1.29 is 14.6 Å². The molecule has 1 amide bonds. The van der Waals surface area contributed by atoms with Gasteiger partial charge < -0.3 is 14.7 Å². The van der Waals surface area contributed by atoms with Crippen molar-refractivity contribution in [1.82, 2.24) is 9.80 Å². The molecule has 1 fully saturated rings. The molecule has 0 saturated carbocycles. The van der Waals surface area contributed by atoms with E-state index < -0.39 is 6.10 Å². The number of hydrogen-bond donors (Lipinski definition) is 1. The summed E-state index contributed by atoms with van der Waals surface area (Å²) in [5, 5.41) is 9.90. The van der Waals surface area contributed by atoms with Crippen molar-refractivity contribution in [2.75, 3.05) is 45.9 Å². The maximum absolute atomic E-state index is 12.6. The van der Waals surface area contributed by atoms with Crippen molar-refractivity contribution in [1.29, 1.82) is 0 Å². The van der Waals surface area contributed by atoms with Crippen LogP contribution in [0.2, 0.25) is 0 Å². The van der Waals surface area contributed by atoms with Crippen LogP contribution in [0.4, 0.5) is 0 Å². The predicted molar refractivity (Wildman–Crippen MR) is 93.3 cm³/mol. The van der Waals surface area contributed by atoms with Crippen molar-refractivity contribution in [3.63, 3.8) is 0 Å². The van der Waals surface area contributed by atoms with E-state index in [1.807, 2.05) is 17.9 Å². The van der Waals surface area contributed by atoms with Gasteiger partial charge in [0.05, 0.1) is 17.6 Å². The van der Waals surface area contributed by atoms with Crippen LogP contribution in [0.1, 0.15) is 34.0 Å². The van der Waals surface area contributed by atoms with Crippen LogP contribution in [-0.2, 0) is 11.2 Å². The van der Waals surface area contributed by atoms with Crippen molar-refractivity contribution in [3.05, 3.63) is 21.4 Å². The molecule has 0 spiro atoms. The number of carbonyl (C=O) groups excluding carboxylic acids is 1. The predicted octanol–water partition coefficient (Wildman–Crippen LogP) is 1.77. The van der Waals surface area contributed by atoms with Gasteiger partial charge in [0, 0.05) is 44.2 Å². The lowest BCUT2D eigenvalue weighted by Gasteiger charge is -2.35. The fraction of sp³-hybridized carbons (Fsp3) is 0.706. The van der Waals surface area contributed by atoms with Gasteiger partial charge in [-0.3, -0.25) is 9.69 Å². The molecule has 1 aliphatic heterocycles. The summed E-state index contributed by atoms with van der Waals surface area (Å²) in [5.74, 6) is 0.146. The Balaban J connectivity index is 1.82. The number of nitrogens with zero attached hydrogens (tertiary/aromatic N) is 2. The molecule has 23 heavy (non-hydrogen) atoms. The molecule has 0 unspecified atom stereocenters. The van der Waals surface area contributed by atoms with E-state index in [1.54, 1.807) is 11.3 Å². The van der Waals surface area contributed by atoms with Crippen LogP contribution in [0.15, 0.2) is 6.07 Å². The van der Waals surface area contributed by atoms with Crippen LogP contribution < -0.4 is 0 Å². The number of rotatable bonds is 7. The summed E-state index contributed by atoms with van der Waals surface area (Å²) in [4.78, 5) is 18.9. The van der Waals surface area contributed by atoms with Crippen LogP contribution in [0.3, 0.4) is 0 Å². The number of aliphatic hydroxyl groups is 1. The first-order valence-corrected chi connectivity index (χ1v) is 9.23. The molecular weight excluding hydrogens is 312 g/mol. The van der Waals surface area contributed by atoms with Gasteiger partial charge in [-0.25, -0.2) is 0 Å². The summed E-state index contributed by atoms with van der Waals surface area (Å²) < 4.78 is 5.24. The average Bonchev–Trinajstić information content (AvgIpc) is 2.94. The molecule has 0 radical (unpaired) electrons. The van der Waals surface area contributed by atoms with E-state index in [0.29, 0.717) is 19.8 Å². The molecule has 2 heterocycles. The third kappa shape index (κ3) is 5.01. The number of aryl methyl sites for hydroxylation is 2. The zero-order chi connectivity index (χ0) is 16.8. The fourth-order valence-corrected chi connectivity index (χ4v) is 3.95. The second-order valence-corrected chi connectivity index (χ2v) is 7.11. The van der Waals surface area contributed by atoms with Gasteiger partial charge in [0.1, 0.15) is 0 Å². The minimum atomic E-state index is -0.454. The molecule has 0 bridgehead atoms. The molecule has 130 valence electrons. The molecule has 0 aromatic carbocycles. The number of thiophene rings is 1. The maximum atomic E-state index is 12.6. The summed E-state index contributed by atoms with van der Waals surface area (Å²) in [6.45, 7) is 10.8. The Morgan fingerprint density at radius 1 is 1.35 bits per heavy atom. The quantitative estimate of drug-likeness (QED) is 0.822. The molecule has 1 aliphatic rings. The number of carbonyl (C=O) groups is 1. The van der Waals surface area contributed by atoms with Crippen LogP contribution in [0.25, 0.3) is 0 Å². The Kier molecular flexibility index (Phi) is 7.02. The third-order valence-electron chi connectivity index (χ3n) is 4.20. The van der Waals surface area contributed by atoms with Crippen LogP contribution in [-0.4, -0.2) is 72.9 Å². The average molecular weight is 340 g/mol. The Morgan fingerprint density at radius 2 is 2.04 bits per heavy atom. The van der Waals surface area contributed by atoms with Crippen LogP contribution in [0.5, 0.6) is 0 Å². The smallest absolute Gasteiger partial charge is 0.264 e. The van der Waals surface area contributed by atoms with E-state index in [1.165, 1.54) is 10.4 Å². The van der Waals surface area contributed by atoms with Crippen molar-refractivity contribution >= 4 is 17.2 Å². The first-order chi connectivity index (χ1) is 11.0. The summed E-state index contributed by atoms with van der Waals surface area (Å²) in [7, 11) is 0. The molecule has 1 N–H and O–H groups in total. The summed E-state index contributed by atoms with van der Waals surface area (Å²) in [6, 6.07) is 2.02. The maximum Gasteiger partial charge on any atom is 0.264 e. The van der Waals surface area contributed by atoms with Gasteiger partial charge in [-0.15, -0.1) is 11.3 Å². The highest BCUT2D eigenvalue weighted by Crippen LogP contribution is 2.24. The van der Waals surface area contributed by atoms with E-state index in [9.17, 15) is 9.90 Å². The topological polar surface area (TPSA) is 53.0 Å². The third-order valence-corrected chi connectivity index (χ3v) is 5.56. The lowest BCUT2D eigenvalue weighted by Crippen LogP contribution is -2.50. The molecule has 6 heteroatoms. The second kappa shape index (κ2) is 8.78.